The van der Waals surface area contributed by atoms with Gasteiger partial charge >= 0.3 is 5.97 Å². The van der Waals surface area contributed by atoms with E-state index in [0.29, 0.717) is 17.1 Å². The fourth-order valence-electron chi connectivity index (χ4n) is 2.57. The van der Waals surface area contributed by atoms with Crippen LogP contribution in [0.5, 0.6) is 0 Å². The highest BCUT2D eigenvalue weighted by molar-refractivity contribution is 7.89. The van der Waals surface area contributed by atoms with Gasteiger partial charge in [0.2, 0.25) is 15.9 Å². The standard InChI is InChI=1S/C18H17ClN2O5S/c19-13-3-1-12(2-4-13)11-17(22)20-14-5-7-15(8-6-14)27(24,25)21-16-9-10-26-18(16)23/h1-8,16,21H,9-11H2,(H,20,22). The Bertz CT molecular complexity index is 943. The van der Waals surface area contributed by atoms with Crippen molar-refractivity contribution in [2.45, 2.75) is 23.8 Å². The number of cyclic esters (lactones) is 1. The molecule has 1 heterocycles. The van der Waals surface area contributed by atoms with Crippen LogP contribution in [0, 0.1) is 0 Å². The highest BCUT2D eigenvalue weighted by Gasteiger charge is 2.31. The van der Waals surface area contributed by atoms with Crippen molar-refractivity contribution in [3.63, 3.8) is 0 Å². The first-order valence-corrected chi connectivity index (χ1v) is 10.0. The third kappa shape index (κ3) is 5.06. The van der Waals surface area contributed by atoms with Crippen LogP contribution < -0.4 is 10.0 Å². The van der Waals surface area contributed by atoms with Crippen LogP contribution in [0.4, 0.5) is 5.69 Å². The first kappa shape index (κ1) is 19.3. The molecule has 0 radical (unpaired) electrons. The number of nitrogens with one attached hydrogen (secondary N) is 2. The number of anilines is 1. The van der Waals surface area contributed by atoms with Gasteiger partial charge in [-0.3, -0.25) is 9.59 Å². The van der Waals surface area contributed by atoms with Crippen LogP contribution in [0.2, 0.25) is 5.02 Å². The highest BCUT2D eigenvalue weighted by atomic mass is 35.5. The number of hydrogen-bond donors (Lipinski definition) is 2. The van der Waals surface area contributed by atoms with Crippen molar-refractivity contribution in [3.8, 4) is 0 Å². The molecule has 1 fully saturated rings. The molecular formula is C18H17ClN2O5S. The molecule has 2 aromatic rings. The number of amides is 1. The average molecular weight is 409 g/mol. The quantitative estimate of drug-likeness (QED) is 0.713. The zero-order valence-electron chi connectivity index (χ0n) is 14.1. The number of ether oxygens (including phenoxy) is 1. The molecule has 0 bridgehead atoms. The minimum absolute atomic E-state index is 0.00194. The summed E-state index contributed by atoms with van der Waals surface area (Å²) >= 11 is 5.81. The monoisotopic (exact) mass is 408 g/mol. The molecule has 1 atom stereocenters. The topological polar surface area (TPSA) is 102 Å². The van der Waals surface area contributed by atoms with Crippen molar-refractivity contribution in [2.24, 2.45) is 0 Å². The molecule has 1 amide bonds. The molecule has 142 valence electrons. The zero-order chi connectivity index (χ0) is 19.4. The smallest absolute Gasteiger partial charge is 0.324 e. The molecule has 2 aromatic carbocycles. The van der Waals surface area contributed by atoms with Crippen molar-refractivity contribution in [1.82, 2.24) is 4.72 Å². The summed E-state index contributed by atoms with van der Waals surface area (Å²) in [6.07, 6.45) is 0.472. The lowest BCUT2D eigenvalue weighted by Gasteiger charge is -2.11. The molecule has 7 nitrogen and oxygen atoms in total. The van der Waals surface area contributed by atoms with Crippen molar-refractivity contribution >= 4 is 39.2 Å². The van der Waals surface area contributed by atoms with E-state index in [2.05, 4.69) is 10.0 Å². The number of carbonyl (C=O) groups is 2. The van der Waals surface area contributed by atoms with Crippen LogP contribution in [0.3, 0.4) is 0 Å². The van der Waals surface area contributed by atoms with Gasteiger partial charge in [-0.1, -0.05) is 23.7 Å². The molecule has 1 aliphatic heterocycles. The van der Waals surface area contributed by atoms with Crippen molar-refractivity contribution in [1.29, 1.82) is 0 Å². The van der Waals surface area contributed by atoms with Crippen LogP contribution >= 0.6 is 11.6 Å². The van der Waals surface area contributed by atoms with Crippen LogP contribution in [0.25, 0.3) is 0 Å². The van der Waals surface area contributed by atoms with Crippen molar-refractivity contribution < 1.29 is 22.7 Å². The number of esters is 1. The Labute approximate surface area is 161 Å². The van der Waals surface area contributed by atoms with E-state index < -0.39 is 22.0 Å². The van der Waals surface area contributed by atoms with E-state index in [-0.39, 0.29) is 23.8 Å². The summed E-state index contributed by atoms with van der Waals surface area (Å²) in [5, 5.41) is 3.30. The maximum absolute atomic E-state index is 12.3. The van der Waals surface area contributed by atoms with E-state index in [1.165, 1.54) is 24.3 Å². The van der Waals surface area contributed by atoms with Gasteiger partial charge in [0.1, 0.15) is 6.04 Å². The summed E-state index contributed by atoms with van der Waals surface area (Å²) in [6, 6.07) is 11.8. The summed E-state index contributed by atoms with van der Waals surface area (Å²) in [6.45, 7) is 0.199. The van der Waals surface area contributed by atoms with Gasteiger partial charge in [0.15, 0.2) is 0 Å². The fourth-order valence-corrected chi connectivity index (χ4v) is 3.91. The summed E-state index contributed by atoms with van der Waals surface area (Å²) in [5.74, 6) is -0.815. The van der Waals surface area contributed by atoms with Gasteiger partial charge in [-0.15, -0.1) is 0 Å². The number of rotatable bonds is 6. The van der Waals surface area contributed by atoms with Gasteiger partial charge in [0.05, 0.1) is 17.9 Å². The SMILES string of the molecule is O=C(Cc1ccc(Cl)cc1)Nc1ccc(S(=O)(=O)NC2CCOC2=O)cc1. The van der Waals surface area contributed by atoms with E-state index in [1.54, 1.807) is 24.3 Å². The molecule has 27 heavy (non-hydrogen) atoms. The lowest BCUT2D eigenvalue weighted by molar-refractivity contribution is -0.139. The largest absolute Gasteiger partial charge is 0.464 e. The Morgan fingerprint density at radius 2 is 1.78 bits per heavy atom. The summed E-state index contributed by atoms with van der Waals surface area (Å²) in [5.41, 5.74) is 1.27. The summed E-state index contributed by atoms with van der Waals surface area (Å²) in [4.78, 5) is 23.5. The Balaban J connectivity index is 1.61. The third-order valence-corrected chi connectivity index (χ3v) is 5.70. The van der Waals surface area contributed by atoms with E-state index in [9.17, 15) is 18.0 Å². The number of hydrogen-bond acceptors (Lipinski definition) is 5. The molecule has 0 aliphatic carbocycles. The predicted molar refractivity (Wildman–Crippen MR) is 99.9 cm³/mol. The fraction of sp³-hybridized carbons (Fsp3) is 0.222. The molecule has 0 aromatic heterocycles. The molecular weight excluding hydrogens is 392 g/mol. The molecule has 1 unspecified atom stereocenters. The van der Waals surface area contributed by atoms with Gasteiger partial charge < -0.3 is 10.1 Å². The molecule has 2 N–H and O–H groups in total. The van der Waals surface area contributed by atoms with Crippen molar-refractivity contribution in [2.75, 3.05) is 11.9 Å². The molecule has 3 rings (SSSR count). The molecule has 1 saturated heterocycles. The highest BCUT2D eigenvalue weighted by Crippen LogP contribution is 2.17. The number of benzene rings is 2. The zero-order valence-corrected chi connectivity index (χ0v) is 15.7. The molecule has 9 heteroatoms. The Morgan fingerprint density at radius 3 is 2.37 bits per heavy atom. The lowest BCUT2D eigenvalue weighted by atomic mass is 10.1. The van der Waals surface area contributed by atoms with Crippen LogP contribution in [0.1, 0.15) is 12.0 Å². The van der Waals surface area contributed by atoms with E-state index in [4.69, 9.17) is 16.3 Å². The lowest BCUT2D eigenvalue weighted by Crippen LogP contribution is -2.37. The van der Waals surface area contributed by atoms with Crippen LogP contribution in [-0.4, -0.2) is 32.9 Å². The maximum atomic E-state index is 12.3. The van der Waals surface area contributed by atoms with Crippen LogP contribution in [-0.2, 0) is 30.8 Å². The molecule has 0 saturated carbocycles. The van der Waals surface area contributed by atoms with Gasteiger partial charge in [-0.05, 0) is 42.0 Å². The number of sulfonamides is 1. The second kappa shape index (κ2) is 8.08. The first-order valence-electron chi connectivity index (χ1n) is 8.17. The average Bonchev–Trinajstić information content (AvgIpc) is 3.01. The van der Waals surface area contributed by atoms with Gasteiger partial charge in [0, 0.05) is 17.1 Å². The second-order valence-electron chi connectivity index (χ2n) is 6.01. The Morgan fingerprint density at radius 1 is 1.11 bits per heavy atom. The van der Waals surface area contributed by atoms with Crippen molar-refractivity contribution in [3.05, 3.63) is 59.1 Å². The second-order valence-corrected chi connectivity index (χ2v) is 8.16. The minimum Gasteiger partial charge on any atom is -0.464 e. The number of carbonyl (C=O) groups excluding carboxylic acids is 2. The normalized spacial score (nSPS) is 16.8. The van der Waals surface area contributed by atoms with Gasteiger partial charge in [0.25, 0.3) is 0 Å². The van der Waals surface area contributed by atoms with E-state index >= 15 is 0 Å². The van der Waals surface area contributed by atoms with E-state index in [1.807, 2.05) is 0 Å². The third-order valence-electron chi connectivity index (χ3n) is 3.96. The molecule has 1 aliphatic rings. The first-order chi connectivity index (χ1) is 12.8. The summed E-state index contributed by atoms with van der Waals surface area (Å²) < 4.78 is 31.7. The van der Waals surface area contributed by atoms with Gasteiger partial charge in [-0.25, -0.2) is 8.42 Å². The van der Waals surface area contributed by atoms with Crippen LogP contribution in [0.15, 0.2) is 53.4 Å². The maximum Gasteiger partial charge on any atom is 0.324 e. The Hall–Kier alpha value is -2.42. The predicted octanol–water partition coefficient (Wildman–Crippen LogP) is 2.12. The molecule has 0 spiro atoms. The van der Waals surface area contributed by atoms with Gasteiger partial charge in [-0.2, -0.15) is 4.72 Å². The van der Waals surface area contributed by atoms with E-state index in [0.717, 1.165) is 5.56 Å². The minimum atomic E-state index is -3.85. The Kier molecular flexibility index (Phi) is 5.79. The number of halogens is 1. The summed E-state index contributed by atoms with van der Waals surface area (Å²) in [7, 11) is -3.85.